The number of benzene rings is 1. The summed E-state index contributed by atoms with van der Waals surface area (Å²) in [4.78, 5) is 18.6. The van der Waals surface area contributed by atoms with Crippen LogP contribution in [0.2, 0.25) is 10.2 Å². The Hall–Kier alpha value is -2.44. The highest BCUT2D eigenvalue weighted by Crippen LogP contribution is 2.30. The minimum absolute atomic E-state index is 0.0506. The lowest BCUT2D eigenvalue weighted by Gasteiger charge is -2.41. The van der Waals surface area contributed by atoms with Crippen molar-refractivity contribution in [2.45, 2.75) is 19.9 Å². The van der Waals surface area contributed by atoms with E-state index in [-0.39, 0.29) is 11.9 Å². The molecule has 0 saturated carbocycles. The number of rotatable bonds is 3. The van der Waals surface area contributed by atoms with E-state index in [1.165, 1.54) is 6.20 Å². The number of fused-ring (bicyclic) bond motifs is 1. The van der Waals surface area contributed by atoms with Gasteiger partial charge in [0.2, 0.25) is 0 Å². The minimum Gasteiger partial charge on any atom is -0.366 e. The summed E-state index contributed by atoms with van der Waals surface area (Å²) in [6.45, 7) is 5.24. The smallest absolute Gasteiger partial charge is 0.251 e. The molecule has 1 fully saturated rings. The predicted octanol–water partition coefficient (Wildman–Crippen LogP) is 3.57. The van der Waals surface area contributed by atoms with E-state index in [9.17, 15) is 4.79 Å². The molecule has 1 aliphatic rings. The van der Waals surface area contributed by atoms with Gasteiger partial charge in [-0.2, -0.15) is 10.2 Å². The van der Waals surface area contributed by atoms with Crippen LogP contribution in [-0.2, 0) is 0 Å². The third-order valence-electron chi connectivity index (χ3n) is 4.87. The van der Waals surface area contributed by atoms with Crippen LogP contribution >= 0.6 is 23.2 Å². The van der Waals surface area contributed by atoms with Crippen LogP contribution in [-0.4, -0.2) is 40.2 Å². The maximum absolute atomic E-state index is 12.6. The highest BCUT2D eigenvalue weighted by Gasteiger charge is 2.30. The first-order valence-corrected chi connectivity index (χ1v) is 9.28. The van der Waals surface area contributed by atoms with Gasteiger partial charge in [0.1, 0.15) is 5.15 Å². The van der Waals surface area contributed by atoms with E-state index in [2.05, 4.69) is 25.4 Å². The SMILES string of the molecule is Cc1nnc2ccc(C(=O)NC3CN(c4cc(Cl)ncc4Cl)C3)cc2c1C. The normalized spacial score (nSPS) is 14.3. The van der Waals surface area contributed by atoms with Crippen LogP contribution in [0.5, 0.6) is 0 Å². The molecule has 0 spiro atoms. The summed E-state index contributed by atoms with van der Waals surface area (Å²) in [6.07, 6.45) is 1.54. The van der Waals surface area contributed by atoms with Gasteiger partial charge >= 0.3 is 0 Å². The Morgan fingerprint density at radius 2 is 1.96 bits per heavy atom. The average Bonchev–Trinajstić information content (AvgIpc) is 2.63. The standard InChI is InChI=1S/C19H17Cl2N5O/c1-10-11(2)24-25-16-4-3-12(5-14(10)16)19(27)23-13-8-26(9-13)17-6-18(21)22-7-15(17)20/h3-7,13H,8-9H2,1-2H3,(H,23,27). The number of halogens is 2. The number of anilines is 1. The van der Waals surface area contributed by atoms with Gasteiger partial charge in [-0.1, -0.05) is 23.2 Å². The molecule has 1 aromatic carbocycles. The Morgan fingerprint density at radius 3 is 2.74 bits per heavy atom. The van der Waals surface area contributed by atoms with Crippen molar-refractivity contribution in [2.24, 2.45) is 0 Å². The van der Waals surface area contributed by atoms with Crippen LogP contribution < -0.4 is 10.2 Å². The molecule has 0 unspecified atom stereocenters. The Kier molecular flexibility index (Phi) is 4.61. The summed E-state index contributed by atoms with van der Waals surface area (Å²) < 4.78 is 0. The number of amides is 1. The topological polar surface area (TPSA) is 71.0 Å². The number of aromatic nitrogens is 3. The van der Waals surface area contributed by atoms with Gasteiger partial charge in [0.15, 0.2) is 0 Å². The van der Waals surface area contributed by atoms with Crippen molar-refractivity contribution in [3.05, 3.63) is 57.5 Å². The summed E-state index contributed by atoms with van der Waals surface area (Å²) in [5, 5.41) is 13.2. The van der Waals surface area contributed by atoms with Crippen LogP contribution in [0.1, 0.15) is 21.6 Å². The number of carbonyl (C=O) groups is 1. The predicted molar refractivity (Wildman–Crippen MR) is 107 cm³/mol. The summed E-state index contributed by atoms with van der Waals surface area (Å²) >= 11 is 12.1. The van der Waals surface area contributed by atoms with Crippen LogP contribution in [0.15, 0.2) is 30.5 Å². The molecule has 0 atom stereocenters. The molecule has 1 N–H and O–H groups in total. The quantitative estimate of drug-likeness (QED) is 0.679. The second-order valence-corrected chi connectivity index (χ2v) is 7.47. The Balaban J connectivity index is 1.45. The molecule has 1 saturated heterocycles. The molecule has 138 valence electrons. The molecule has 0 aliphatic carbocycles. The molecule has 27 heavy (non-hydrogen) atoms. The van der Waals surface area contributed by atoms with Crippen LogP contribution in [0.4, 0.5) is 5.69 Å². The number of pyridine rings is 1. The van der Waals surface area contributed by atoms with Gasteiger partial charge in [0.25, 0.3) is 5.91 Å². The fourth-order valence-electron chi connectivity index (χ4n) is 3.14. The second-order valence-electron chi connectivity index (χ2n) is 6.68. The highest BCUT2D eigenvalue weighted by molar-refractivity contribution is 6.34. The Morgan fingerprint density at radius 1 is 1.19 bits per heavy atom. The molecule has 1 amide bonds. The summed E-state index contributed by atoms with van der Waals surface area (Å²) in [5.41, 5.74) is 4.13. The summed E-state index contributed by atoms with van der Waals surface area (Å²) in [6, 6.07) is 7.26. The Labute approximate surface area is 166 Å². The molecule has 3 heterocycles. The molecule has 0 radical (unpaired) electrons. The zero-order valence-electron chi connectivity index (χ0n) is 14.8. The van der Waals surface area contributed by atoms with Crippen LogP contribution in [0, 0.1) is 13.8 Å². The fourth-order valence-corrected chi connectivity index (χ4v) is 3.52. The molecular formula is C19H17Cl2N5O. The zero-order chi connectivity index (χ0) is 19.1. The van der Waals surface area contributed by atoms with Crippen molar-refractivity contribution in [1.82, 2.24) is 20.5 Å². The number of carbonyl (C=O) groups excluding carboxylic acids is 1. The first-order chi connectivity index (χ1) is 12.9. The van der Waals surface area contributed by atoms with Crippen molar-refractivity contribution < 1.29 is 4.79 Å². The average molecular weight is 402 g/mol. The maximum Gasteiger partial charge on any atom is 0.251 e. The summed E-state index contributed by atoms with van der Waals surface area (Å²) in [5.74, 6) is -0.103. The maximum atomic E-state index is 12.6. The van der Waals surface area contributed by atoms with E-state index in [0.717, 1.165) is 27.8 Å². The largest absolute Gasteiger partial charge is 0.366 e. The number of hydrogen-bond donors (Lipinski definition) is 1. The lowest BCUT2D eigenvalue weighted by molar-refractivity contribution is 0.0930. The third kappa shape index (κ3) is 3.42. The van der Waals surface area contributed by atoms with E-state index in [0.29, 0.717) is 28.8 Å². The fraction of sp³-hybridized carbons (Fsp3) is 0.263. The van der Waals surface area contributed by atoms with Gasteiger partial charge < -0.3 is 10.2 Å². The molecule has 2 aromatic heterocycles. The van der Waals surface area contributed by atoms with Crippen molar-refractivity contribution >= 4 is 45.7 Å². The summed E-state index contributed by atoms with van der Waals surface area (Å²) in [7, 11) is 0. The highest BCUT2D eigenvalue weighted by atomic mass is 35.5. The first kappa shape index (κ1) is 17.9. The van der Waals surface area contributed by atoms with Crippen LogP contribution in [0.3, 0.4) is 0 Å². The van der Waals surface area contributed by atoms with Gasteiger partial charge in [-0.15, -0.1) is 0 Å². The minimum atomic E-state index is -0.103. The molecule has 0 bridgehead atoms. The van der Waals surface area contributed by atoms with E-state index in [1.807, 2.05) is 26.0 Å². The second kappa shape index (κ2) is 6.94. The van der Waals surface area contributed by atoms with Crippen molar-refractivity contribution in [3.63, 3.8) is 0 Å². The van der Waals surface area contributed by atoms with E-state index >= 15 is 0 Å². The van der Waals surface area contributed by atoms with Crippen LogP contribution in [0.25, 0.3) is 10.9 Å². The zero-order valence-corrected chi connectivity index (χ0v) is 16.3. The van der Waals surface area contributed by atoms with Gasteiger partial charge in [0, 0.05) is 36.3 Å². The van der Waals surface area contributed by atoms with E-state index < -0.39 is 0 Å². The number of nitrogens with zero attached hydrogens (tertiary/aromatic N) is 4. The van der Waals surface area contributed by atoms with Gasteiger partial charge in [-0.3, -0.25) is 4.79 Å². The van der Waals surface area contributed by atoms with Gasteiger partial charge in [-0.05, 0) is 37.6 Å². The van der Waals surface area contributed by atoms with Crippen molar-refractivity contribution in [1.29, 1.82) is 0 Å². The van der Waals surface area contributed by atoms with E-state index in [1.54, 1.807) is 12.1 Å². The monoisotopic (exact) mass is 401 g/mol. The van der Waals surface area contributed by atoms with Crippen molar-refractivity contribution in [2.75, 3.05) is 18.0 Å². The first-order valence-electron chi connectivity index (χ1n) is 8.53. The van der Waals surface area contributed by atoms with E-state index in [4.69, 9.17) is 23.2 Å². The lowest BCUT2D eigenvalue weighted by atomic mass is 10.0. The third-order valence-corrected chi connectivity index (χ3v) is 5.37. The van der Waals surface area contributed by atoms with Gasteiger partial charge in [0.05, 0.1) is 28.0 Å². The molecule has 8 heteroatoms. The number of hydrogen-bond acceptors (Lipinski definition) is 5. The Bertz CT molecular complexity index is 1050. The molecule has 1 aliphatic heterocycles. The van der Waals surface area contributed by atoms with Crippen molar-refractivity contribution in [3.8, 4) is 0 Å². The number of aryl methyl sites for hydroxylation is 2. The van der Waals surface area contributed by atoms with Gasteiger partial charge in [-0.25, -0.2) is 4.98 Å². The molecule has 6 nitrogen and oxygen atoms in total. The number of nitrogens with one attached hydrogen (secondary N) is 1. The molecular weight excluding hydrogens is 385 g/mol. The molecule has 4 rings (SSSR count). The lowest BCUT2D eigenvalue weighted by Crippen LogP contribution is -2.59. The molecule has 3 aromatic rings.